The minimum atomic E-state index is 0.212. The van der Waals surface area contributed by atoms with Crippen molar-refractivity contribution in [2.24, 2.45) is 0 Å². The Morgan fingerprint density at radius 1 is 1.33 bits per heavy atom. The zero-order valence-electron chi connectivity index (χ0n) is 11.9. The van der Waals surface area contributed by atoms with E-state index in [1.165, 1.54) is 0 Å². The number of thioether (sulfide) groups is 1. The van der Waals surface area contributed by atoms with E-state index in [-0.39, 0.29) is 5.78 Å². The first-order valence-corrected chi connectivity index (χ1v) is 7.34. The first-order chi connectivity index (χ1) is 8.49. The van der Waals surface area contributed by atoms with E-state index < -0.39 is 0 Å². The molecule has 0 heterocycles. The van der Waals surface area contributed by atoms with Crippen molar-refractivity contribution in [1.29, 1.82) is 0 Å². The van der Waals surface area contributed by atoms with Crippen LogP contribution in [0.3, 0.4) is 0 Å². The number of hydrogen-bond acceptors (Lipinski definition) is 3. The van der Waals surface area contributed by atoms with Crippen molar-refractivity contribution in [2.45, 2.75) is 39.4 Å². The number of aryl methyl sites for hydroxylation is 2. The predicted molar refractivity (Wildman–Crippen MR) is 79.0 cm³/mol. The van der Waals surface area contributed by atoms with Gasteiger partial charge < -0.3 is 4.74 Å². The van der Waals surface area contributed by atoms with Crippen LogP contribution in [-0.2, 0) is 0 Å². The summed E-state index contributed by atoms with van der Waals surface area (Å²) in [5.41, 5.74) is 2.83. The second-order valence-electron chi connectivity index (χ2n) is 4.59. The molecule has 0 aliphatic carbocycles. The Labute approximate surface area is 114 Å². The molecule has 1 atom stereocenters. The fraction of sp³-hybridized carbons (Fsp3) is 0.533. The summed E-state index contributed by atoms with van der Waals surface area (Å²) in [5, 5.41) is 0.536. The highest BCUT2D eigenvalue weighted by atomic mass is 32.2. The molecular weight excluding hydrogens is 244 g/mol. The lowest BCUT2D eigenvalue weighted by atomic mass is 10.0. The van der Waals surface area contributed by atoms with E-state index in [9.17, 15) is 4.79 Å². The summed E-state index contributed by atoms with van der Waals surface area (Å²) in [5.74, 6) is 1.61. The zero-order valence-corrected chi connectivity index (χ0v) is 12.7. The molecule has 1 unspecified atom stereocenters. The van der Waals surface area contributed by atoms with Crippen molar-refractivity contribution < 1.29 is 9.53 Å². The van der Waals surface area contributed by atoms with Crippen molar-refractivity contribution >= 4 is 17.5 Å². The van der Waals surface area contributed by atoms with Gasteiger partial charge in [-0.15, -0.1) is 0 Å². The number of methoxy groups -OCH3 is 1. The quantitative estimate of drug-likeness (QED) is 0.727. The molecule has 0 bridgehead atoms. The van der Waals surface area contributed by atoms with E-state index in [4.69, 9.17) is 4.74 Å². The molecule has 0 amide bonds. The third-order valence-electron chi connectivity index (χ3n) is 3.12. The lowest BCUT2D eigenvalue weighted by molar-refractivity contribution is 0.102. The predicted octanol–water partition coefficient (Wildman–Crippen LogP) is 4.03. The smallest absolute Gasteiger partial charge is 0.173 e. The second-order valence-corrected chi connectivity index (χ2v) is 6.02. The van der Waals surface area contributed by atoms with Crippen molar-refractivity contribution in [3.8, 4) is 5.75 Å². The summed E-state index contributed by atoms with van der Waals surface area (Å²) >= 11 is 1.72. The summed E-state index contributed by atoms with van der Waals surface area (Å²) in [6.07, 6.45) is 1.10. The van der Waals surface area contributed by atoms with Crippen LogP contribution in [0.15, 0.2) is 12.1 Å². The van der Waals surface area contributed by atoms with Crippen LogP contribution in [0.4, 0.5) is 0 Å². The molecule has 1 aromatic rings. The Morgan fingerprint density at radius 3 is 2.56 bits per heavy atom. The molecule has 18 heavy (non-hydrogen) atoms. The monoisotopic (exact) mass is 266 g/mol. The number of ether oxygens (including phenoxy) is 1. The molecule has 0 saturated carbocycles. The Kier molecular flexibility index (Phi) is 5.73. The molecule has 100 valence electrons. The largest absolute Gasteiger partial charge is 0.496 e. The molecule has 0 radical (unpaired) electrons. The van der Waals surface area contributed by atoms with Gasteiger partial charge in [-0.05, 0) is 43.5 Å². The topological polar surface area (TPSA) is 26.3 Å². The SMILES string of the molecule is CCC(C)SCC(=O)c1cc(C)c(OC)cc1C. The molecule has 1 aromatic carbocycles. The third kappa shape index (κ3) is 3.77. The number of benzene rings is 1. The summed E-state index contributed by atoms with van der Waals surface area (Å²) in [4.78, 5) is 12.2. The van der Waals surface area contributed by atoms with E-state index in [1.54, 1.807) is 18.9 Å². The summed E-state index contributed by atoms with van der Waals surface area (Å²) < 4.78 is 5.26. The first-order valence-electron chi connectivity index (χ1n) is 6.29. The summed E-state index contributed by atoms with van der Waals surface area (Å²) in [6, 6.07) is 3.88. The minimum absolute atomic E-state index is 0.212. The Hall–Kier alpha value is -0.960. The van der Waals surface area contributed by atoms with E-state index in [0.29, 0.717) is 11.0 Å². The highest BCUT2D eigenvalue weighted by Crippen LogP contribution is 2.24. The second kappa shape index (κ2) is 6.83. The molecule has 2 nitrogen and oxygen atoms in total. The fourth-order valence-corrected chi connectivity index (χ4v) is 2.55. The number of hydrogen-bond donors (Lipinski definition) is 0. The summed E-state index contributed by atoms with van der Waals surface area (Å²) in [6.45, 7) is 8.23. The van der Waals surface area contributed by atoms with Gasteiger partial charge in [0.15, 0.2) is 5.78 Å². The van der Waals surface area contributed by atoms with Gasteiger partial charge in [-0.25, -0.2) is 0 Å². The zero-order chi connectivity index (χ0) is 13.7. The molecule has 0 saturated heterocycles. The van der Waals surface area contributed by atoms with Crippen LogP contribution in [0, 0.1) is 13.8 Å². The number of ketones is 1. The van der Waals surface area contributed by atoms with Gasteiger partial charge >= 0.3 is 0 Å². The molecular formula is C15H22O2S. The highest BCUT2D eigenvalue weighted by Gasteiger charge is 2.13. The van der Waals surface area contributed by atoms with Gasteiger partial charge in [-0.2, -0.15) is 11.8 Å². The summed E-state index contributed by atoms with van der Waals surface area (Å²) in [7, 11) is 1.65. The minimum Gasteiger partial charge on any atom is -0.496 e. The molecule has 0 aliphatic rings. The first kappa shape index (κ1) is 15.1. The maximum atomic E-state index is 12.2. The normalized spacial score (nSPS) is 12.3. The van der Waals surface area contributed by atoms with E-state index in [0.717, 1.165) is 28.9 Å². The van der Waals surface area contributed by atoms with Gasteiger partial charge in [0.05, 0.1) is 12.9 Å². The van der Waals surface area contributed by atoms with Gasteiger partial charge in [0.2, 0.25) is 0 Å². The van der Waals surface area contributed by atoms with Crippen molar-refractivity contribution in [3.63, 3.8) is 0 Å². The van der Waals surface area contributed by atoms with Gasteiger partial charge in [0.1, 0.15) is 5.75 Å². The molecule has 0 aliphatic heterocycles. The van der Waals surface area contributed by atoms with Gasteiger partial charge in [0, 0.05) is 10.8 Å². The van der Waals surface area contributed by atoms with Crippen LogP contribution < -0.4 is 4.74 Å². The fourth-order valence-electron chi connectivity index (χ4n) is 1.72. The Bertz CT molecular complexity index is 427. The van der Waals surface area contributed by atoms with Crippen LogP contribution in [0.5, 0.6) is 5.75 Å². The van der Waals surface area contributed by atoms with Gasteiger partial charge in [0.25, 0.3) is 0 Å². The lowest BCUT2D eigenvalue weighted by Gasteiger charge is -2.12. The van der Waals surface area contributed by atoms with Gasteiger partial charge in [-0.1, -0.05) is 13.8 Å². The highest BCUT2D eigenvalue weighted by molar-refractivity contribution is 8.00. The van der Waals surface area contributed by atoms with Crippen LogP contribution in [0.25, 0.3) is 0 Å². The van der Waals surface area contributed by atoms with E-state index in [1.807, 2.05) is 26.0 Å². The van der Waals surface area contributed by atoms with Crippen LogP contribution in [-0.4, -0.2) is 23.9 Å². The Morgan fingerprint density at radius 2 is 2.00 bits per heavy atom. The average Bonchev–Trinajstić information content (AvgIpc) is 2.37. The van der Waals surface area contributed by atoms with E-state index >= 15 is 0 Å². The molecule has 0 spiro atoms. The molecule has 0 N–H and O–H groups in total. The number of carbonyl (C=O) groups excluding carboxylic acids is 1. The molecule has 0 fully saturated rings. The number of carbonyl (C=O) groups is 1. The van der Waals surface area contributed by atoms with Crippen molar-refractivity contribution in [3.05, 3.63) is 28.8 Å². The molecule has 3 heteroatoms. The Balaban J connectivity index is 2.83. The van der Waals surface area contributed by atoms with Crippen LogP contribution in [0.2, 0.25) is 0 Å². The number of rotatable bonds is 6. The van der Waals surface area contributed by atoms with Crippen LogP contribution in [0.1, 0.15) is 41.8 Å². The van der Waals surface area contributed by atoms with Gasteiger partial charge in [-0.3, -0.25) is 4.79 Å². The van der Waals surface area contributed by atoms with Crippen LogP contribution >= 0.6 is 11.8 Å². The lowest BCUT2D eigenvalue weighted by Crippen LogP contribution is -2.08. The standard InChI is InChI=1S/C15H22O2S/c1-6-12(4)18-9-14(16)13-7-11(3)15(17-5)8-10(13)2/h7-8,12H,6,9H2,1-5H3. The van der Waals surface area contributed by atoms with E-state index in [2.05, 4.69) is 13.8 Å². The maximum absolute atomic E-state index is 12.2. The van der Waals surface area contributed by atoms with Crippen molar-refractivity contribution in [1.82, 2.24) is 0 Å². The third-order valence-corrected chi connectivity index (χ3v) is 4.45. The molecule has 1 rings (SSSR count). The molecule has 0 aromatic heterocycles. The average molecular weight is 266 g/mol. The maximum Gasteiger partial charge on any atom is 0.173 e. The number of Topliss-reactive ketones (excluding diaryl/α,β-unsaturated/α-hetero) is 1. The van der Waals surface area contributed by atoms with Crippen molar-refractivity contribution in [2.75, 3.05) is 12.9 Å².